The highest BCUT2D eigenvalue weighted by Crippen LogP contribution is 2.46. The second-order valence-corrected chi connectivity index (χ2v) is 16.4. The Labute approximate surface area is 323 Å². The average Bonchev–Trinajstić information content (AvgIpc) is 3.75. The van der Waals surface area contributed by atoms with Gasteiger partial charge in [-0.3, -0.25) is 0 Å². The molecular weight excluding hydrogens is 667 g/mol. The van der Waals surface area contributed by atoms with Crippen molar-refractivity contribution in [2.45, 2.75) is 58.8 Å². The molecule has 0 bridgehead atoms. The lowest BCUT2D eigenvalue weighted by atomic mass is 9.61. The van der Waals surface area contributed by atoms with E-state index in [4.69, 9.17) is 4.42 Å². The highest BCUT2D eigenvalue weighted by Gasteiger charge is 2.34. The minimum Gasteiger partial charge on any atom is -0.469 e. The number of anilines is 2. The van der Waals surface area contributed by atoms with Crippen LogP contribution in [0, 0.1) is 0 Å². The smallest absolute Gasteiger partial charge is 0.244 e. The number of aromatic nitrogens is 1. The van der Waals surface area contributed by atoms with Crippen molar-refractivity contribution in [1.82, 2.24) is 4.57 Å². The summed E-state index contributed by atoms with van der Waals surface area (Å²) in [5.74, 6) is 0. The molecule has 0 saturated carbocycles. The van der Waals surface area contributed by atoms with Crippen LogP contribution >= 0.6 is 0 Å². The fourth-order valence-corrected chi connectivity index (χ4v) is 9.06. The first-order chi connectivity index (χ1) is 26.9. The SMILES string of the molecule is CCCCCc1ccc(Nc2ccccc2-c2cc(C(C)(C)C)c3c4ccc5ccccc5c4n4c3c2Bc2oc3ccc(-c5ccccc5)cc3c2-4)cc1. The van der Waals surface area contributed by atoms with Gasteiger partial charge in [0.25, 0.3) is 0 Å². The number of nitrogens with one attached hydrogen (secondary N) is 1. The molecule has 3 heterocycles. The largest absolute Gasteiger partial charge is 0.469 e. The number of para-hydroxylation sites is 1. The number of hydrogen-bond donors (Lipinski definition) is 1. The van der Waals surface area contributed by atoms with E-state index in [1.807, 2.05) is 0 Å². The highest BCUT2D eigenvalue weighted by atomic mass is 16.3. The Morgan fingerprint density at radius 2 is 1.44 bits per heavy atom. The molecule has 0 aliphatic carbocycles. The molecule has 0 radical (unpaired) electrons. The first-order valence-electron chi connectivity index (χ1n) is 20.0. The van der Waals surface area contributed by atoms with E-state index in [0.29, 0.717) is 7.28 Å². The zero-order valence-electron chi connectivity index (χ0n) is 32.2. The molecule has 1 aliphatic rings. The summed E-state index contributed by atoms with van der Waals surface area (Å²) < 4.78 is 9.50. The van der Waals surface area contributed by atoms with Gasteiger partial charge in [-0.25, -0.2) is 0 Å². The van der Waals surface area contributed by atoms with Gasteiger partial charge in [0.1, 0.15) is 5.58 Å². The molecule has 10 rings (SSSR count). The number of rotatable bonds is 8. The van der Waals surface area contributed by atoms with Crippen molar-refractivity contribution in [2.24, 2.45) is 0 Å². The van der Waals surface area contributed by atoms with Gasteiger partial charge in [0.05, 0.1) is 16.9 Å². The monoisotopic (exact) mass is 712 g/mol. The molecule has 55 heavy (non-hydrogen) atoms. The molecular formula is C51H45BN2O. The number of nitrogens with zero attached hydrogens (tertiary/aromatic N) is 1. The Kier molecular flexibility index (Phi) is 7.99. The zero-order valence-corrected chi connectivity index (χ0v) is 32.2. The Hall–Kier alpha value is -6.00. The van der Waals surface area contributed by atoms with Crippen LogP contribution in [0.15, 0.2) is 144 Å². The third-order valence-electron chi connectivity index (χ3n) is 11.8. The third kappa shape index (κ3) is 5.57. The number of furan rings is 1. The zero-order chi connectivity index (χ0) is 37.3. The number of aryl methyl sites for hydroxylation is 1. The molecule has 0 fully saturated rings. The maximum absolute atomic E-state index is 6.92. The molecule has 1 aliphatic heterocycles. The lowest BCUT2D eigenvalue weighted by Crippen LogP contribution is -2.36. The molecule has 0 saturated heterocycles. The fourth-order valence-electron chi connectivity index (χ4n) is 9.06. The van der Waals surface area contributed by atoms with Crippen molar-refractivity contribution in [3.8, 4) is 27.9 Å². The summed E-state index contributed by atoms with van der Waals surface area (Å²) in [6.45, 7) is 9.34. The Morgan fingerprint density at radius 1 is 0.655 bits per heavy atom. The normalized spacial score (nSPS) is 12.4. The van der Waals surface area contributed by atoms with Gasteiger partial charge in [0, 0.05) is 44.0 Å². The van der Waals surface area contributed by atoms with E-state index < -0.39 is 0 Å². The molecule has 0 spiro atoms. The van der Waals surface area contributed by atoms with Gasteiger partial charge >= 0.3 is 0 Å². The summed E-state index contributed by atoms with van der Waals surface area (Å²) in [5.41, 5.74) is 16.6. The molecule has 0 unspecified atom stereocenters. The first-order valence-corrected chi connectivity index (χ1v) is 20.0. The maximum Gasteiger partial charge on any atom is 0.244 e. The van der Waals surface area contributed by atoms with E-state index in [2.05, 4.69) is 177 Å². The lowest BCUT2D eigenvalue weighted by molar-refractivity contribution is 0.596. The molecule has 268 valence electrons. The third-order valence-corrected chi connectivity index (χ3v) is 11.8. The Balaban J connectivity index is 1.25. The molecule has 9 aromatic rings. The van der Waals surface area contributed by atoms with E-state index in [-0.39, 0.29) is 5.41 Å². The van der Waals surface area contributed by atoms with Crippen LogP contribution in [0.5, 0.6) is 0 Å². The fraction of sp³-hybridized carbons (Fsp3) is 0.176. The van der Waals surface area contributed by atoms with Gasteiger partial charge in [0.15, 0.2) is 0 Å². The minimum atomic E-state index is -0.118. The van der Waals surface area contributed by atoms with Crippen molar-refractivity contribution >= 4 is 73.3 Å². The van der Waals surface area contributed by atoms with Crippen LogP contribution in [-0.4, -0.2) is 11.8 Å². The Morgan fingerprint density at radius 3 is 2.25 bits per heavy atom. The highest BCUT2D eigenvalue weighted by molar-refractivity contribution is 6.73. The quantitative estimate of drug-likeness (QED) is 0.126. The minimum absolute atomic E-state index is 0.118. The lowest BCUT2D eigenvalue weighted by Gasteiger charge is -2.27. The van der Waals surface area contributed by atoms with Crippen LogP contribution in [0.4, 0.5) is 11.4 Å². The summed E-state index contributed by atoms with van der Waals surface area (Å²) in [4.78, 5) is 0. The van der Waals surface area contributed by atoms with E-state index in [1.165, 1.54) is 96.4 Å². The number of hydrogen-bond acceptors (Lipinski definition) is 2. The van der Waals surface area contributed by atoms with Gasteiger partial charge in [-0.15, -0.1) is 0 Å². The van der Waals surface area contributed by atoms with Crippen LogP contribution in [0.2, 0.25) is 0 Å². The number of benzene rings is 7. The summed E-state index contributed by atoms with van der Waals surface area (Å²) in [5, 5.41) is 10.1. The first kappa shape index (κ1) is 33.6. The molecule has 7 aromatic carbocycles. The molecule has 0 atom stereocenters. The second kappa shape index (κ2) is 13.1. The molecule has 0 amide bonds. The Bertz CT molecular complexity index is 2910. The van der Waals surface area contributed by atoms with E-state index in [0.717, 1.165) is 34.4 Å². The molecule has 1 N–H and O–H groups in total. The summed E-state index contributed by atoms with van der Waals surface area (Å²) in [7, 11) is 0.704. The van der Waals surface area contributed by atoms with Crippen molar-refractivity contribution in [3.63, 3.8) is 0 Å². The molecule has 3 nitrogen and oxygen atoms in total. The van der Waals surface area contributed by atoms with Gasteiger partial charge in [-0.1, -0.05) is 150 Å². The predicted molar refractivity (Wildman–Crippen MR) is 237 cm³/mol. The van der Waals surface area contributed by atoms with Crippen LogP contribution in [0.3, 0.4) is 0 Å². The van der Waals surface area contributed by atoms with E-state index in [1.54, 1.807) is 0 Å². The van der Waals surface area contributed by atoms with Crippen molar-refractivity contribution in [1.29, 1.82) is 0 Å². The van der Waals surface area contributed by atoms with Gasteiger partial charge in [0.2, 0.25) is 7.28 Å². The van der Waals surface area contributed by atoms with E-state index >= 15 is 0 Å². The van der Waals surface area contributed by atoms with Crippen LogP contribution in [0.1, 0.15) is 58.1 Å². The second-order valence-electron chi connectivity index (χ2n) is 16.4. The van der Waals surface area contributed by atoms with Crippen LogP contribution in [-0.2, 0) is 11.8 Å². The summed E-state index contributed by atoms with van der Waals surface area (Å²) in [6.07, 6.45) is 4.88. The predicted octanol–water partition coefficient (Wildman–Crippen LogP) is 12.5. The van der Waals surface area contributed by atoms with Gasteiger partial charge in [-0.2, -0.15) is 0 Å². The summed E-state index contributed by atoms with van der Waals surface area (Å²) >= 11 is 0. The number of fused-ring (bicyclic) bond motifs is 9. The summed E-state index contributed by atoms with van der Waals surface area (Å²) in [6, 6.07) is 51.2. The van der Waals surface area contributed by atoms with Crippen molar-refractivity contribution < 1.29 is 4.42 Å². The van der Waals surface area contributed by atoms with Gasteiger partial charge < -0.3 is 14.3 Å². The van der Waals surface area contributed by atoms with Crippen molar-refractivity contribution in [2.75, 3.05) is 5.32 Å². The number of unbranched alkanes of at least 4 members (excludes halogenated alkanes) is 2. The van der Waals surface area contributed by atoms with Gasteiger partial charge in [-0.05, 0) is 87.3 Å². The van der Waals surface area contributed by atoms with Crippen LogP contribution in [0.25, 0.3) is 71.5 Å². The standard InChI is InChI=1S/C51H45BN2O/c1-5-6-8-15-32-22-26-36(27-23-32)53-43-21-14-13-20-38(43)40-31-42(51(2,3)4)45-39-28-24-34-18-11-12-19-37(34)47(39)54-48-41-30-35(33-16-9-7-10-17-33)25-29-44(41)55-50(48)52-46(40)49(45)54/h7,9-14,16-31,52-53H,5-6,8,15H2,1-4H3. The maximum atomic E-state index is 6.92. The molecule has 2 aromatic heterocycles. The van der Waals surface area contributed by atoms with E-state index in [9.17, 15) is 0 Å². The average molecular weight is 713 g/mol. The van der Waals surface area contributed by atoms with Crippen molar-refractivity contribution in [3.05, 3.63) is 151 Å². The molecule has 4 heteroatoms. The van der Waals surface area contributed by atoms with Crippen LogP contribution < -0.4 is 16.4 Å². The topological polar surface area (TPSA) is 30.1 Å².